The molecule has 0 spiro atoms. The fourth-order valence-electron chi connectivity index (χ4n) is 2.17. The minimum absolute atomic E-state index is 0.218. The van der Waals surface area contributed by atoms with Crippen molar-refractivity contribution in [3.05, 3.63) is 76.5 Å². The van der Waals surface area contributed by atoms with Crippen molar-refractivity contribution < 1.29 is 4.39 Å². The number of anilines is 1. The lowest BCUT2D eigenvalue weighted by Crippen LogP contribution is -2.15. The zero-order valence-electron chi connectivity index (χ0n) is 12.2. The van der Waals surface area contributed by atoms with Gasteiger partial charge in [-0.3, -0.25) is 0 Å². The Hall–Kier alpha value is -2.27. The van der Waals surface area contributed by atoms with Gasteiger partial charge in [-0.05, 0) is 23.3 Å². The Kier molecular flexibility index (Phi) is 4.44. The van der Waals surface area contributed by atoms with Crippen LogP contribution in [-0.4, -0.2) is 17.2 Å². The predicted molar refractivity (Wildman–Crippen MR) is 87.7 cm³/mol. The molecule has 0 amide bonds. The average Bonchev–Trinajstić information content (AvgIpc) is 2.99. The smallest absolute Gasteiger partial charge is 0.208 e. The van der Waals surface area contributed by atoms with Gasteiger partial charge in [0.15, 0.2) is 0 Å². The van der Waals surface area contributed by atoms with Crippen molar-refractivity contribution in [1.82, 2.24) is 10.2 Å². The van der Waals surface area contributed by atoms with E-state index in [9.17, 15) is 4.39 Å². The van der Waals surface area contributed by atoms with Crippen molar-refractivity contribution in [3.8, 4) is 0 Å². The number of halogens is 1. The van der Waals surface area contributed by atoms with Crippen LogP contribution in [0.1, 0.15) is 16.1 Å². The maximum Gasteiger partial charge on any atom is 0.208 e. The van der Waals surface area contributed by atoms with Crippen LogP contribution in [0.2, 0.25) is 0 Å². The van der Waals surface area contributed by atoms with Crippen LogP contribution in [0, 0.1) is 5.82 Å². The number of rotatable bonds is 5. The SMILES string of the molecule is CN(Cc1ccccc1)c1nnc(Cc2ccc(F)cc2)s1. The maximum absolute atomic E-state index is 12.9. The average molecular weight is 313 g/mol. The summed E-state index contributed by atoms with van der Waals surface area (Å²) in [6.45, 7) is 0.798. The first-order chi connectivity index (χ1) is 10.7. The predicted octanol–water partition coefficient (Wildman–Crippen LogP) is 3.90. The zero-order valence-corrected chi connectivity index (χ0v) is 13.1. The zero-order chi connectivity index (χ0) is 15.4. The summed E-state index contributed by atoms with van der Waals surface area (Å²) in [5.74, 6) is -0.218. The molecule has 0 saturated heterocycles. The Bertz CT molecular complexity index is 725. The summed E-state index contributed by atoms with van der Waals surface area (Å²) in [4.78, 5) is 2.08. The van der Waals surface area contributed by atoms with E-state index in [0.717, 1.165) is 22.2 Å². The van der Waals surface area contributed by atoms with Gasteiger partial charge in [-0.1, -0.05) is 53.8 Å². The van der Waals surface area contributed by atoms with Crippen molar-refractivity contribution in [1.29, 1.82) is 0 Å². The van der Waals surface area contributed by atoms with Gasteiger partial charge >= 0.3 is 0 Å². The van der Waals surface area contributed by atoms with E-state index in [1.54, 1.807) is 23.5 Å². The molecule has 0 aliphatic carbocycles. The molecule has 0 atom stereocenters. The van der Waals surface area contributed by atoms with Crippen LogP contribution in [0.5, 0.6) is 0 Å². The molecule has 112 valence electrons. The standard InChI is InChI=1S/C17H16FN3S/c1-21(12-14-5-3-2-4-6-14)17-20-19-16(22-17)11-13-7-9-15(18)10-8-13/h2-10H,11-12H2,1H3. The first-order valence-corrected chi connectivity index (χ1v) is 7.84. The number of hydrogen-bond donors (Lipinski definition) is 0. The molecule has 0 N–H and O–H groups in total. The third-order valence-corrected chi connectivity index (χ3v) is 4.35. The van der Waals surface area contributed by atoms with E-state index in [2.05, 4.69) is 27.2 Å². The van der Waals surface area contributed by atoms with E-state index < -0.39 is 0 Å². The van der Waals surface area contributed by atoms with Crippen molar-refractivity contribution in [2.24, 2.45) is 0 Å². The van der Waals surface area contributed by atoms with Crippen LogP contribution in [0.15, 0.2) is 54.6 Å². The number of hydrogen-bond acceptors (Lipinski definition) is 4. The van der Waals surface area contributed by atoms with Crippen LogP contribution in [0.3, 0.4) is 0 Å². The minimum atomic E-state index is -0.218. The summed E-state index contributed by atoms with van der Waals surface area (Å²) in [6.07, 6.45) is 0.678. The van der Waals surface area contributed by atoms with Gasteiger partial charge in [-0.2, -0.15) is 0 Å². The molecule has 2 aromatic carbocycles. The summed E-state index contributed by atoms with van der Waals surface area (Å²) in [7, 11) is 2.01. The fraction of sp³-hybridized carbons (Fsp3) is 0.176. The largest absolute Gasteiger partial charge is 0.345 e. The van der Waals surface area contributed by atoms with E-state index in [4.69, 9.17) is 0 Å². The van der Waals surface area contributed by atoms with Crippen molar-refractivity contribution in [2.45, 2.75) is 13.0 Å². The molecule has 0 saturated carbocycles. The molecular formula is C17H16FN3S. The molecular weight excluding hydrogens is 297 g/mol. The summed E-state index contributed by atoms with van der Waals surface area (Å²) >= 11 is 1.57. The highest BCUT2D eigenvalue weighted by Gasteiger charge is 2.10. The fourth-order valence-corrected chi connectivity index (χ4v) is 3.01. The molecule has 1 aromatic heterocycles. The summed E-state index contributed by atoms with van der Waals surface area (Å²) in [5, 5.41) is 10.3. The molecule has 0 fully saturated rings. The number of benzene rings is 2. The summed E-state index contributed by atoms with van der Waals surface area (Å²) < 4.78 is 12.9. The molecule has 3 rings (SSSR count). The molecule has 1 heterocycles. The van der Waals surface area contributed by atoms with E-state index in [1.807, 2.05) is 25.2 Å². The highest BCUT2D eigenvalue weighted by molar-refractivity contribution is 7.15. The van der Waals surface area contributed by atoms with Gasteiger partial charge in [-0.25, -0.2) is 4.39 Å². The van der Waals surface area contributed by atoms with Gasteiger partial charge in [0, 0.05) is 20.0 Å². The molecule has 5 heteroatoms. The van der Waals surface area contributed by atoms with Gasteiger partial charge in [-0.15, -0.1) is 10.2 Å². The molecule has 0 aliphatic heterocycles. The quantitative estimate of drug-likeness (QED) is 0.715. The summed E-state index contributed by atoms with van der Waals surface area (Å²) in [5.41, 5.74) is 2.27. The normalized spacial score (nSPS) is 10.6. The monoisotopic (exact) mass is 313 g/mol. The van der Waals surface area contributed by atoms with Crippen molar-refractivity contribution >= 4 is 16.5 Å². The van der Waals surface area contributed by atoms with Gasteiger partial charge in [0.05, 0.1) is 0 Å². The lowest BCUT2D eigenvalue weighted by molar-refractivity contribution is 0.627. The topological polar surface area (TPSA) is 29.0 Å². The number of aromatic nitrogens is 2. The van der Waals surface area contributed by atoms with Gasteiger partial charge in [0.25, 0.3) is 0 Å². The van der Waals surface area contributed by atoms with E-state index in [-0.39, 0.29) is 5.82 Å². The Morgan fingerprint density at radius 2 is 1.68 bits per heavy atom. The minimum Gasteiger partial charge on any atom is -0.345 e. The van der Waals surface area contributed by atoms with E-state index in [0.29, 0.717) is 6.42 Å². The highest BCUT2D eigenvalue weighted by Crippen LogP contribution is 2.22. The van der Waals surface area contributed by atoms with Crippen LogP contribution in [-0.2, 0) is 13.0 Å². The van der Waals surface area contributed by atoms with Crippen molar-refractivity contribution in [2.75, 3.05) is 11.9 Å². The molecule has 0 radical (unpaired) electrons. The van der Waals surface area contributed by atoms with Gasteiger partial charge in [0.2, 0.25) is 5.13 Å². The van der Waals surface area contributed by atoms with E-state index in [1.165, 1.54) is 17.7 Å². The molecule has 0 aliphatic rings. The molecule has 22 heavy (non-hydrogen) atoms. The Morgan fingerprint density at radius 1 is 0.955 bits per heavy atom. The molecule has 3 nitrogen and oxygen atoms in total. The van der Waals surface area contributed by atoms with Crippen LogP contribution in [0.25, 0.3) is 0 Å². The first-order valence-electron chi connectivity index (χ1n) is 7.02. The molecule has 0 bridgehead atoms. The first kappa shape index (κ1) is 14.7. The summed E-state index contributed by atoms with van der Waals surface area (Å²) in [6, 6.07) is 16.8. The lowest BCUT2D eigenvalue weighted by atomic mass is 10.2. The number of nitrogens with zero attached hydrogens (tertiary/aromatic N) is 3. The van der Waals surface area contributed by atoms with Crippen LogP contribution in [0.4, 0.5) is 9.52 Å². The maximum atomic E-state index is 12.9. The third kappa shape index (κ3) is 3.68. The second kappa shape index (κ2) is 6.66. The van der Waals surface area contributed by atoms with Crippen LogP contribution >= 0.6 is 11.3 Å². The molecule has 0 unspecified atom stereocenters. The Morgan fingerprint density at radius 3 is 2.41 bits per heavy atom. The van der Waals surface area contributed by atoms with Gasteiger partial charge < -0.3 is 4.90 Å². The Balaban J connectivity index is 1.66. The highest BCUT2D eigenvalue weighted by atomic mass is 32.1. The third-order valence-electron chi connectivity index (χ3n) is 3.31. The Labute approximate surface area is 133 Å². The lowest BCUT2D eigenvalue weighted by Gasteiger charge is -2.14. The molecule has 3 aromatic rings. The second-order valence-corrected chi connectivity index (χ2v) is 6.16. The van der Waals surface area contributed by atoms with Crippen LogP contribution < -0.4 is 4.90 Å². The van der Waals surface area contributed by atoms with Crippen molar-refractivity contribution in [3.63, 3.8) is 0 Å². The van der Waals surface area contributed by atoms with E-state index >= 15 is 0 Å². The van der Waals surface area contributed by atoms with Gasteiger partial charge in [0.1, 0.15) is 10.8 Å². The second-order valence-electron chi connectivity index (χ2n) is 5.12.